The van der Waals surface area contributed by atoms with Crippen LogP contribution < -0.4 is 11.1 Å². The molecule has 1 aliphatic rings. The van der Waals surface area contributed by atoms with Crippen molar-refractivity contribution in [1.29, 1.82) is 0 Å². The van der Waals surface area contributed by atoms with Crippen molar-refractivity contribution in [2.75, 3.05) is 11.1 Å². The van der Waals surface area contributed by atoms with Crippen LogP contribution in [0.25, 0.3) is 0 Å². The molecule has 26 heavy (non-hydrogen) atoms. The molecule has 0 bridgehead atoms. The molecule has 0 saturated heterocycles. The predicted octanol–water partition coefficient (Wildman–Crippen LogP) is 4.90. The third kappa shape index (κ3) is 2.88. The van der Waals surface area contributed by atoms with E-state index < -0.39 is 0 Å². The van der Waals surface area contributed by atoms with Gasteiger partial charge >= 0.3 is 0 Å². The van der Waals surface area contributed by atoms with Gasteiger partial charge in [-0.15, -0.1) is 0 Å². The van der Waals surface area contributed by atoms with Gasteiger partial charge in [-0.25, -0.2) is 0 Å². The SMILES string of the molecule is Cc1ccc2c(c1)C(c1ccccc1)/C(=C\Nc1ccc(N)cc1)C2=O. The highest BCUT2D eigenvalue weighted by Crippen LogP contribution is 2.42. The molecule has 0 aliphatic heterocycles. The summed E-state index contributed by atoms with van der Waals surface area (Å²) in [7, 11) is 0. The van der Waals surface area contributed by atoms with Crippen LogP contribution in [0, 0.1) is 6.92 Å². The van der Waals surface area contributed by atoms with E-state index in [9.17, 15) is 4.79 Å². The first-order chi connectivity index (χ1) is 12.6. The molecule has 0 amide bonds. The lowest BCUT2D eigenvalue weighted by molar-refractivity contribution is 0.103. The van der Waals surface area contributed by atoms with Crippen LogP contribution in [0.4, 0.5) is 11.4 Å². The number of nitrogen functional groups attached to an aromatic ring is 1. The lowest BCUT2D eigenvalue weighted by Gasteiger charge is -2.14. The van der Waals surface area contributed by atoms with Crippen LogP contribution in [-0.4, -0.2) is 5.78 Å². The van der Waals surface area contributed by atoms with Gasteiger partial charge in [0.15, 0.2) is 5.78 Å². The van der Waals surface area contributed by atoms with Crippen LogP contribution in [0.1, 0.15) is 33.0 Å². The molecule has 0 fully saturated rings. The van der Waals surface area contributed by atoms with Gasteiger partial charge in [0, 0.05) is 34.6 Å². The Hall–Kier alpha value is -3.33. The number of anilines is 2. The number of ketones is 1. The van der Waals surface area contributed by atoms with Crippen molar-refractivity contribution in [3.63, 3.8) is 0 Å². The number of carbonyl (C=O) groups excluding carboxylic acids is 1. The number of rotatable bonds is 3. The Morgan fingerprint density at radius 1 is 0.962 bits per heavy atom. The number of Topliss-reactive ketones (excluding diaryl/α,β-unsaturated/α-hetero) is 1. The van der Waals surface area contributed by atoms with Crippen molar-refractivity contribution in [3.8, 4) is 0 Å². The molecule has 3 aromatic carbocycles. The average Bonchev–Trinajstić information content (AvgIpc) is 2.93. The second-order valence-corrected chi connectivity index (χ2v) is 6.63. The number of carbonyl (C=O) groups is 1. The summed E-state index contributed by atoms with van der Waals surface area (Å²) in [5.74, 6) is 0.0247. The Kier molecular flexibility index (Phi) is 4.05. The quantitative estimate of drug-likeness (QED) is 0.526. The molecular formula is C23H20N2O. The maximum atomic E-state index is 13.0. The van der Waals surface area contributed by atoms with Crippen molar-refractivity contribution in [2.24, 2.45) is 0 Å². The third-order valence-electron chi connectivity index (χ3n) is 4.77. The Labute approximate surface area is 153 Å². The second kappa shape index (κ2) is 6.52. The van der Waals surface area contributed by atoms with Crippen LogP contribution in [0.3, 0.4) is 0 Å². The smallest absolute Gasteiger partial charge is 0.191 e. The molecular weight excluding hydrogens is 320 g/mol. The Morgan fingerprint density at radius 3 is 2.42 bits per heavy atom. The van der Waals surface area contributed by atoms with Gasteiger partial charge in [-0.05, 0) is 42.3 Å². The van der Waals surface area contributed by atoms with E-state index in [2.05, 4.69) is 30.4 Å². The summed E-state index contributed by atoms with van der Waals surface area (Å²) in [6, 6.07) is 23.7. The lowest BCUT2D eigenvalue weighted by Crippen LogP contribution is -2.05. The van der Waals surface area contributed by atoms with E-state index in [1.807, 2.05) is 60.8 Å². The summed E-state index contributed by atoms with van der Waals surface area (Å²) in [6.07, 6.45) is 1.83. The minimum Gasteiger partial charge on any atom is -0.399 e. The number of hydrogen-bond donors (Lipinski definition) is 2. The molecule has 0 saturated carbocycles. The first-order valence-corrected chi connectivity index (χ1v) is 8.66. The molecule has 3 nitrogen and oxygen atoms in total. The van der Waals surface area contributed by atoms with Crippen molar-refractivity contribution in [2.45, 2.75) is 12.8 Å². The zero-order valence-corrected chi connectivity index (χ0v) is 14.6. The highest BCUT2D eigenvalue weighted by Gasteiger charge is 2.35. The summed E-state index contributed by atoms with van der Waals surface area (Å²) in [5, 5.41) is 3.26. The fourth-order valence-corrected chi connectivity index (χ4v) is 3.48. The van der Waals surface area contributed by atoms with Crippen LogP contribution in [0.15, 0.2) is 84.6 Å². The van der Waals surface area contributed by atoms with Gasteiger partial charge in [0.25, 0.3) is 0 Å². The zero-order chi connectivity index (χ0) is 18.1. The van der Waals surface area contributed by atoms with E-state index in [4.69, 9.17) is 5.73 Å². The van der Waals surface area contributed by atoms with Gasteiger partial charge in [-0.1, -0.05) is 54.1 Å². The van der Waals surface area contributed by atoms with Crippen molar-refractivity contribution in [3.05, 3.63) is 107 Å². The van der Waals surface area contributed by atoms with Crippen LogP contribution in [0.5, 0.6) is 0 Å². The topological polar surface area (TPSA) is 55.1 Å². The van der Waals surface area contributed by atoms with E-state index in [-0.39, 0.29) is 11.7 Å². The van der Waals surface area contributed by atoms with E-state index in [0.29, 0.717) is 5.69 Å². The standard InChI is InChI=1S/C23H20N2O/c1-15-7-12-19-20(13-15)22(16-5-3-2-4-6-16)21(23(19)26)14-25-18-10-8-17(24)9-11-18/h2-14,22,25H,24H2,1H3/b21-14+. The first-order valence-electron chi connectivity index (χ1n) is 8.66. The lowest BCUT2D eigenvalue weighted by atomic mass is 9.89. The Bertz CT molecular complexity index is 988. The normalized spacial score (nSPS) is 17.3. The summed E-state index contributed by atoms with van der Waals surface area (Å²) in [5.41, 5.74) is 12.3. The number of aryl methyl sites for hydroxylation is 1. The van der Waals surface area contributed by atoms with Gasteiger partial charge in [-0.2, -0.15) is 0 Å². The van der Waals surface area contributed by atoms with E-state index in [1.54, 1.807) is 0 Å². The van der Waals surface area contributed by atoms with Gasteiger partial charge < -0.3 is 11.1 Å². The fraction of sp³-hybridized carbons (Fsp3) is 0.0870. The molecule has 1 unspecified atom stereocenters. The molecule has 3 N–H and O–H groups in total. The third-order valence-corrected chi connectivity index (χ3v) is 4.77. The Balaban J connectivity index is 1.78. The molecule has 3 aromatic rings. The van der Waals surface area contributed by atoms with Gasteiger partial charge in [0.05, 0.1) is 0 Å². The average molecular weight is 340 g/mol. The Morgan fingerprint density at radius 2 is 1.69 bits per heavy atom. The van der Waals surface area contributed by atoms with Crippen molar-refractivity contribution >= 4 is 17.2 Å². The number of nitrogens with one attached hydrogen (secondary N) is 1. The number of hydrogen-bond acceptors (Lipinski definition) is 3. The molecule has 3 heteroatoms. The predicted molar refractivity (Wildman–Crippen MR) is 106 cm³/mol. The molecule has 0 spiro atoms. The second-order valence-electron chi connectivity index (χ2n) is 6.63. The minimum absolute atomic E-state index is 0.0557. The molecule has 1 atom stereocenters. The summed E-state index contributed by atoms with van der Waals surface area (Å²) >= 11 is 0. The molecule has 128 valence electrons. The van der Waals surface area contributed by atoms with Gasteiger partial charge in [-0.3, -0.25) is 4.79 Å². The maximum Gasteiger partial charge on any atom is 0.191 e. The molecule has 0 radical (unpaired) electrons. The zero-order valence-electron chi connectivity index (χ0n) is 14.6. The molecule has 0 aromatic heterocycles. The highest BCUT2D eigenvalue weighted by atomic mass is 16.1. The largest absolute Gasteiger partial charge is 0.399 e. The van der Waals surface area contributed by atoms with E-state index >= 15 is 0 Å². The van der Waals surface area contributed by atoms with E-state index in [0.717, 1.165) is 33.5 Å². The molecule has 0 heterocycles. The number of benzene rings is 3. The van der Waals surface area contributed by atoms with E-state index in [1.165, 1.54) is 0 Å². The van der Waals surface area contributed by atoms with Crippen LogP contribution in [-0.2, 0) is 0 Å². The highest BCUT2D eigenvalue weighted by molar-refractivity contribution is 6.15. The first kappa shape index (κ1) is 16.2. The summed E-state index contributed by atoms with van der Waals surface area (Å²) in [6.45, 7) is 2.06. The van der Waals surface area contributed by atoms with Gasteiger partial charge in [0.1, 0.15) is 0 Å². The fourth-order valence-electron chi connectivity index (χ4n) is 3.48. The summed E-state index contributed by atoms with van der Waals surface area (Å²) in [4.78, 5) is 13.0. The van der Waals surface area contributed by atoms with Crippen molar-refractivity contribution in [1.82, 2.24) is 0 Å². The van der Waals surface area contributed by atoms with Crippen LogP contribution in [0.2, 0.25) is 0 Å². The summed E-state index contributed by atoms with van der Waals surface area (Å²) < 4.78 is 0. The minimum atomic E-state index is -0.0557. The molecule has 1 aliphatic carbocycles. The number of nitrogens with two attached hydrogens (primary N) is 1. The number of fused-ring (bicyclic) bond motifs is 1. The molecule has 4 rings (SSSR count). The van der Waals surface area contributed by atoms with Gasteiger partial charge in [0.2, 0.25) is 0 Å². The van der Waals surface area contributed by atoms with Crippen molar-refractivity contribution < 1.29 is 4.79 Å². The number of allylic oxidation sites excluding steroid dienone is 1. The maximum absolute atomic E-state index is 13.0. The van der Waals surface area contributed by atoms with Crippen LogP contribution >= 0.6 is 0 Å². The monoisotopic (exact) mass is 340 g/mol.